The number of anilines is 1. The fraction of sp³-hybridized carbons (Fsp3) is 0.107. The number of hydrogen-bond donors (Lipinski definition) is 1. The quantitative estimate of drug-likeness (QED) is 0.336. The Morgan fingerprint density at radius 2 is 1.37 bits per heavy atom. The molecular weight excluding hydrogens is 480 g/mol. The summed E-state index contributed by atoms with van der Waals surface area (Å²) in [7, 11) is -2.29. The zero-order valence-corrected chi connectivity index (χ0v) is 20.9. The number of hydrogen-bond acceptors (Lipinski definition) is 3. The first-order valence-corrected chi connectivity index (χ1v) is 12.8. The number of aryl methyl sites for hydroxylation is 1. The molecule has 1 N–H and O–H groups in total. The zero-order chi connectivity index (χ0) is 25.0. The summed E-state index contributed by atoms with van der Waals surface area (Å²) in [5.41, 5.74) is 3.95. The first kappa shape index (κ1) is 24.5. The summed E-state index contributed by atoms with van der Waals surface area (Å²) in [5, 5.41) is 3.57. The predicted molar refractivity (Wildman–Crippen MR) is 140 cm³/mol. The standard InChI is InChI=1S/C28H25ClN2O3S/c1-20-8-10-22(11-9-20)27(21-6-4-3-5-7-21)30-28(32)23-12-16-25(17-13-23)31(2)35(33,34)26-18-14-24(29)15-19-26/h3-19,27H,1-2H3,(H,30,32). The molecule has 0 heterocycles. The average molecular weight is 505 g/mol. The molecule has 0 saturated carbocycles. The van der Waals surface area contributed by atoms with Crippen LogP contribution in [0.1, 0.15) is 33.1 Å². The summed E-state index contributed by atoms with van der Waals surface area (Å²) in [4.78, 5) is 13.3. The minimum atomic E-state index is -3.76. The number of carbonyl (C=O) groups excluding carboxylic acids is 1. The molecule has 35 heavy (non-hydrogen) atoms. The molecule has 4 rings (SSSR count). The van der Waals surface area contributed by atoms with E-state index in [1.165, 1.54) is 35.6 Å². The van der Waals surface area contributed by atoms with Gasteiger partial charge < -0.3 is 5.32 Å². The van der Waals surface area contributed by atoms with Crippen molar-refractivity contribution in [2.45, 2.75) is 17.9 Å². The van der Waals surface area contributed by atoms with Gasteiger partial charge in [0.25, 0.3) is 15.9 Å². The smallest absolute Gasteiger partial charge is 0.264 e. The van der Waals surface area contributed by atoms with E-state index in [1.807, 2.05) is 61.5 Å². The molecule has 4 aromatic rings. The molecule has 0 radical (unpaired) electrons. The highest BCUT2D eigenvalue weighted by atomic mass is 35.5. The third kappa shape index (κ3) is 5.56. The molecule has 0 fully saturated rings. The molecular formula is C28H25ClN2O3S. The van der Waals surface area contributed by atoms with Gasteiger partial charge in [-0.25, -0.2) is 8.42 Å². The van der Waals surface area contributed by atoms with E-state index in [1.54, 1.807) is 24.3 Å². The van der Waals surface area contributed by atoms with Crippen LogP contribution in [-0.2, 0) is 10.0 Å². The lowest BCUT2D eigenvalue weighted by atomic mass is 9.97. The third-order valence-corrected chi connectivity index (χ3v) is 7.84. The van der Waals surface area contributed by atoms with Crippen molar-refractivity contribution in [2.24, 2.45) is 0 Å². The highest BCUT2D eigenvalue weighted by Gasteiger charge is 2.22. The van der Waals surface area contributed by atoms with Crippen LogP contribution in [0.3, 0.4) is 0 Å². The van der Waals surface area contributed by atoms with E-state index in [4.69, 9.17) is 11.6 Å². The summed E-state index contributed by atoms with van der Waals surface area (Å²) in [5.74, 6) is -0.255. The Morgan fingerprint density at radius 3 is 1.97 bits per heavy atom. The predicted octanol–water partition coefficient (Wildman–Crippen LogP) is 5.99. The maximum Gasteiger partial charge on any atom is 0.264 e. The van der Waals surface area contributed by atoms with E-state index in [-0.39, 0.29) is 16.8 Å². The van der Waals surface area contributed by atoms with Crippen molar-refractivity contribution in [3.8, 4) is 0 Å². The highest BCUT2D eigenvalue weighted by Crippen LogP contribution is 2.25. The van der Waals surface area contributed by atoms with Crippen LogP contribution in [0.15, 0.2) is 108 Å². The van der Waals surface area contributed by atoms with Gasteiger partial charge in [-0.2, -0.15) is 0 Å². The Bertz CT molecular complexity index is 1400. The van der Waals surface area contributed by atoms with Gasteiger partial charge in [0.1, 0.15) is 0 Å². The van der Waals surface area contributed by atoms with Gasteiger partial charge in [0, 0.05) is 17.6 Å². The van der Waals surface area contributed by atoms with Crippen LogP contribution < -0.4 is 9.62 Å². The second kappa shape index (κ2) is 10.3. The number of nitrogens with one attached hydrogen (secondary N) is 1. The van der Waals surface area contributed by atoms with Gasteiger partial charge in [0.15, 0.2) is 0 Å². The van der Waals surface area contributed by atoms with Gasteiger partial charge in [-0.05, 0) is 66.6 Å². The molecule has 0 aliphatic carbocycles. The zero-order valence-electron chi connectivity index (χ0n) is 19.4. The van der Waals surface area contributed by atoms with E-state index in [0.717, 1.165) is 16.7 Å². The lowest BCUT2D eigenvalue weighted by Crippen LogP contribution is -2.29. The van der Waals surface area contributed by atoms with Crippen LogP contribution >= 0.6 is 11.6 Å². The molecule has 4 aromatic carbocycles. The number of nitrogens with zero attached hydrogens (tertiary/aromatic N) is 1. The van der Waals surface area contributed by atoms with Crippen LogP contribution in [0, 0.1) is 6.92 Å². The largest absolute Gasteiger partial charge is 0.341 e. The SMILES string of the molecule is Cc1ccc(C(NC(=O)c2ccc(N(C)S(=O)(=O)c3ccc(Cl)cc3)cc2)c2ccccc2)cc1. The molecule has 0 bridgehead atoms. The van der Waals surface area contributed by atoms with Crippen molar-refractivity contribution in [3.05, 3.63) is 130 Å². The molecule has 0 saturated heterocycles. The van der Waals surface area contributed by atoms with Crippen molar-refractivity contribution in [1.82, 2.24) is 5.32 Å². The van der Waals surface area contributed by atoms with Crippen LogP contribution in [0.5, 0.6) is 0 Å². The van der Waals surface area contributed by atoms with Crippen molar-refractivity contribution >= 4 is 33.2 Å². The van der Waals surface area contributed by atoms with Gasteiger partial charge in [0.05, 0.1) is 16.6 Å². The van der Waals surface area contributed by atoms with Gasteiger partial charge in [-0.15, -0.1) is 0 Å². The number of halogens is 1. The summed E-state index contributed by atoms with van der Waals surface area (Å²) in [6.45, 7) is 2.02. The van der Waals surface area contributed by atoms with E-state index in [2.05, 4.69) is 5.32 Å². The normalized spacial score (nSPS) is 12.1. The summed E-state index contributed by atoms with van der Waals surface area (Å²) in [6, 6.07) is 30.0. The molecule has 5 nitrogen and oxygen atoms in total. The Hall–Kier alpha value is -3.61. The maximum absolute atomic E-state index is 13.1. The van der Waals surface area contributed by atoms with Crippen LogP contribution in [0.4, 0.5) is 5.69 Å². The number of rotatable bonds is 7. The maximum atomic E-state index is 13.1. The van der Waals surface area contributed by atoms with E-state index in [0.29, 0.717) is 16.3 Å². The fourth-order valence-electron chi connectivity index (χ4n) is 3.70. The van der Waals surface area contributed by atoms with E-state index in [9.17, 15) is 13.2 Å². The molecule has 178 valence electrons. The van der Waals surface area contributed by atoms with Crippen LogP contribution in [0.2, 0.25) is 5.02 Å². The minimum Gasteiger partial charge on any atom is -0.341 e. The Morgan fingerprint density at radius 1 is 0.800 bits per heavy atom. The first-order chi connectivity index (χ1) is 16.8. The Kier molecular flexibility index (Phi) is 7.24. The summed E-state index contributed by atoms with van der Waals surface area (Å²) in [6.07, 6.45) is 0. The summed E-state index contributed by atoms with van der Waals surface area (Å²) >= 11 is 5.88. The Balaban J connectivity index is 1.55. The molecule has 0 aliphatic heterocycles. The molecule has 0 spiro atoms. The third-order valence-electron chi connectivity index (χ3n) is 5.78. The second-order valence-corrected chi connectivity index (χ2v) is 10.6. The number of benzene rings is 4. The van der Waals surface area contributed by atoms with Crippen molar-refractivity contribution < 1.29 is 13.2 Å². The number of sulfonamides is 1. The minimum absolute atomic E-state index is 0.134. The van der Waals surface area contributed by atoms with Crippen LogP contribution in [-0.4, -0.2) is 21.4 Å². The van der Waals surface area contributed by atoms with Gasteiger partial charge in [-0.3, -0.25) is 9.10 Å². The van der Waals surface area contributed by atoms with E-state index >= 15 is 0 Å². The number of amides is 1. The highest BCUT2D eigenvalue weighted by molar-refractivity contribution is 7.92. The van der Waals surface area contributed by atoms with Crippen molar-refractivity contribution in [2.75, 3.05) is 11.4 Å². The van der Waals surface area contributed by atoms with Crippen LogP contribution in [0.25, 0.3) is 0 Å². The van der Waals surface area contributed by atoms with Gasteiger partial charge in [0.2, 0.25) is 0 Å². The molecule has 0 aliphatic rings. The molecule has 7 heteroatoms. The lowest BCUT2D eigenvalue weighted by molar-refractivity contribution is 0.0943. The van der Waals surface area contributed by atoms with Gasteiger partial charge >= 0.3 is 0 Å². The Labute approximate surface area is 211 Å². The fourth-order valence-corrected chi connectivity index (χ4v) is 5.03. The second-order valence-electron chi connectivity index (χ2n) is 8.20. The average Bonchev–Trinajstić information content (AvgIpc) is 2.88. The number of carbonyl (C=O) groups is 1. The monoisotopic (exact) mass is 504 g/mol. The molecule has 1 unspecified atom stereocenters. The summed E-state index contributed by atoms with van der Waals surface area (Å²) < 4.78 is 27.1. The van der Waals surface area contributed by atoms with Crippen molar-refractivity contribution in [1.29, 1.82) is 0 Å². The molecule has 1 amide bonds. The molecule has 1 atom stereocenters. The van der Waals surface area contributed by atoms with Crippen molar-refractivity contribution in [3.63, 3.8) is 0 Å². The topological polar surface area (TPSA) is 66.5 Å². The lowest BCUT2D eigenvalue weighted by Gasteiger charge is -2.21. The first-order valence-electron chi connectivity index (χ1n) is 11.0. The van der Waals surface area contributed by atoms with E-state index < -0.39 is 10.0 Å². The van der Waals surface area contributed by atoms with Gasteiger partial charge in [-0.1, -0.05) is 71.8 Å². The molecule has 0 aromatic heterocycles.